The quantitative estimate of drug-likeness (QED) is 0.878. The number of nitrogens with one attached hydrogen (secondary N) is 1. The molecule has 1 saturated carbocycles. The minimum Gasteiger partial charge on any atom is -0.480 e. The van der Waals surface area contributed by atoms with Gasteiger partial charge in [0.25, 0.3) is 5.91 Å². The molecule has 1 amide bonds. The second-order valence-electron chi connectivity index (χ2n) is 5.11. The van der Waals surface area contributed by atoms with Gasteiger partial charge in [-0.1, -0.05) is 0 Å². The number of rotatable bonds is 3. The predicted molar refractivity (Wildman–Crippen MR) is 68.0 cm³/mol. The third kappa shape index (κ3) is 1.73. The first-order valence-corrected chi connectivity index (χ1v) is 7.10. The van der Waals surface area contributed by atoms with E-state index in [9.17, 15) is 14.7 Å². The maximum absolute atomic E-state index is 12.1. The van der Waals surface area contributed by atoms with Crippen molar-refractivity contribution in [3.8, 4) is 0 Å². The first-order valence-electron chi connectivity index (χ1n) is 6.28. The van der Waals surface area contributed by atoms with E-state index in [0.717, 1.165) is 19.3 Å². The zero-order valence-corrected chi connectivity index (χ0v) is 10.8. The Hall–Kier alpha value is -1.36. The average molecular weight is 265 g/mol. The summed E-state index contributed by atoms with van der Waals surface area (Å²) in [6.45, 7) is 0. The van der Waals surface area contributed by atoms with E-state index < -0.39 is 11.5 Å². The molecule has 18 heavy (non-hydrogen) atoms. The Labute approximate surface area is 109 Å². The van der Waals surface area contributed by atoms with Crippen molar-refractivity contribution in [2.45, 2.75) is 44.1 Å². The Morgan fingerprint density at radius 1 is 1.28 bits per heavy atom. The number of hydrogen-bond acceptors (Lipinski definition) is 3. The number of carbonyl (C=O) groups excluding carboxylic acids is 1. The van der Waals surface area contributed by atoms with Gasteiger partial charge in [-0.25, -0.2) is 4.79 Å². The maximum Gasteiger partial charge on any atom is 0.329 e. The van der Waals surface area contributed by atoms with E-state index >= 15 is 0 Å². The molecule has 1 heterocycles. The van der Waals surface area contributed by atoms with Crippen LogP contribution in [0.3, 0.4) is 0 Å². The van der Waals surface area contributed by atoms with Crippen molar-refractivity contribution in [1.29, 1.82) is 0 Å². The van der Waals surface area contributed by atoms with Gasteiger partial charge in [0.05, 0.1) is 4.88 Å². The van der Waals surface area contributed by atoms with E-state index in [0.29, 0.717) is 17.7 Å². The van der Waals surface area contributed by atoms with Gasteiger partial charge in [-0.2, -0.15) is 0 Å². The number of fused-ring (bicyclic) bond motifs is 1. The molecule has 0 saturated heterocycles. The molecule has 0 aliphatic heterocycles. The topological polar surface area (TPSA) is 66.4 Å². The number of aliphatic carboxylic acids is 1. The van der Waals surface area contributed by atoms with E-state index in [2.05, 4.69) is 5.32 Å². The Kier molecular flexibility index (Phi) is 2.66. The van der Waals surface area contributed by atoms with Crippen LogP contribution in [-0.2, 0) is 17.6 Å². The van der Waals surface area contributed by atoms with Crippen molar-refractivity contribution in [2.24, 2.45) is 0 Å². The Balaban J connectivity index is 1.76. The lowest BCUT2D eigenvalue weighted by Gasteiger charge is -2.38. The number of carboxylic acid groups (broad SMARTS) is 1. The minimum atomic E-state index is -1.01. The van der Waals surface area contributed by atoms with Gasteiger partial charge in [-0.3, -0.25) is 4.79 Å². The highest BCUT2D eigenvalue weighted by molar-refractivity contribution is 7.14. The fourth-order valence-corrected chi connectivity index (χ4v) is 3.79. The summed E-state index contributed by atoms with van der Waals surface area (Å²) in [4.78, 5) is 25.2. The van der Waals surface area contributed by atoms with E-state index in [4.69, 9.17) is 0 Å². The van der Waals surface area contributed by atoms with Gasteiger partial charge in [-0.15, -0.1) is 11.3 Å². The number of carbonyl (C=O) groups is 2. The molecule has 0 radical (unpaired) electrons. The Bertz CT molecular complexity index is 495. The third-order valence-corrected chi connectivity index (χ3v) is 5.18. The largest absolute Gasteiger partial charge is 0.480 e. The lowest BCUT2D eigenvalue weighted by Crippen LogP contribution is -2.59. The zero-order chi connectivity index (χ0) is 12.8. The Morgan fingerprint density at radius 2 is 2.06 bits per heavy atom. The minimum absolute atomic E-state index is 0.225. The summed E-state index contributed by atoms with van der Waals surface area (Å²) in [7, 11) is 0. The molecule has 0 bridgehead atoms. The van der Waals surface area contributed by atoms with Crippen LogP contribution < -0.4 is 5.32 Å². The van der Waals surface area contributed by atoms with Crippen LogP contribution >= 0.6 is 11.3 Å². The molecule has 2 aliphatic rings. The van der Waals surface area contributed by atoms with Gasteiger partial charge in [0, 0.05) is 4.88 Å². The SMILES string of the molecule is O=C(NC1(C(=O)O)CCC1)c1cc2c(s1)CCC2. The first kappa shape index (κ1) is 11.7. The molecule has 0 aromatic carbocycles. The standard InChI is InChI=1S/C13H15NO3S/c15-11(14-13(12(16)17)5-2-6-13)10-7-8-3-1-4-9(8)18-10/h7H,1-6H2,(H,14,15)(H,16,17). The van der Waals surface area contributed by atoms with Crippen LogP contribution in [0.5, 0.6) is 0 Å². The number of carboxylic acids is 1. The van der Waals surface area contributed by atoms with Crippen LogP contribution in [0.1, 0.15) is 45.8 Å². The lowest BCUT2D eigenvalue weighted by molar-refractivity contribution is -0.148. The zero-order valence-electron chi connectivity index (χ0n) is 9.99. The second kappa shape index (κ2) is 4.09. The fraction of sp³-hybridized carbons (Fsp3) is 0.538. The van der Waals surface area contributed by atoms with Crippen LogP contribution in [-0.4, -0.2) is 22.5 Å². The molecule has 1 aromatic rings. The summed E-state index contributed by atoms with van der Waals surface area (Å²) in [6.07, 6.45) is 5.22. The average Bonchev–Trinajstić information content (AvgIpc) is 2.81. The molecule has 2 aliphatic carbocycles. The van der Waals surface area contributed by atoms with Gasteiger partial charge in [0.1, 0.15) is 5.54 Å². The molecule has 1 aromatic heterocycles. The lowest BCUT2D eigenvalue weighted by atomic mass is 9.77. The molecular formula is C13H15NO3S. The molecule has 3 rings (SSSR count). The molecule has 0 spiro atoms. The molecule has 1 fully saturated rings. The predicted octanol–water partition coefficient (Wildman–Crippen LogP) is 1.97. The summed E-state index contributed by atoms with van der Waals surface area (Å²) in [5, 5.41) is 11.9. The number of amides is 1. The number of aryl methyl sites for hydroxylation is 2. The smallest absolute Gasteiger partial charge is 0.329 e. The summed E-state index contributed by atoms with van der Waals surface area (Å²) in [5.41, 5.74) is 0.258. The summed E-state index contributed by atoms with van der Waals surface area (Å²) < 4.78 is 0. The first-order chi connectivity index (χ1) is 8.61. The van der Waals surface area contributed by atoms with Crippen LogP contribution in [0.2, 0.25) is 0 Å². The normalized spacial score (nSPS) is 20.0. The molecule has 5 heteroatoms. The number of hydrogen-bond donors (Lipinski definition) is 2. The Morgan fingerprint density at radius 3 is 2.61 bits per heavy atom. The third-order valence-electron chi connectivity index (χ3n) is 3.94. The maximum atomic E-state index is 12.1. The second-order valence-corrected chi connectivity index (χ2v) is 6.24. The van der Waals surface area contributed by atoms with Crippen LogP contribution in [0.4, 0.5) is 0 Å². The van der Waals surface area contributed by atoms with Crippen molar-refractivity contribution in [3.63, 3.8) is 0 Å². The van der Waals surface area contributed by atoms with Gasteiger partial charge >= 0.3 is 5.97 Å². The van der Waals surface area contributed by atoms with Gasteiger partial charge in [0.2, 0.25) is 0 Å². The molecule has 2 N–H and O–H groups in total. The monoisotopic (exact) mass is 265 g/mol. The van der Waals surface area contributed by atoms with Crippen molar-refractivity contribution in [3.05, 3.63) is 21.4 Å². The van der Waals surface area contributed by atoms with Gasteiger partial charge in [-0.05, 0) is 50.2 Å². The van der Waals surface area contributed by atoms with Crippen molar-refractivity contribution in [1.82, 2.24) is 5.32 Å². The number of thiophene rings is 1. The fourth-order valence-electron chi connectivity index (χ4n) is 2.64. The summed E-state index contributed by atoms with van der Waals surface area (Å²) in [5.74, 6) is -1.14. The molecule has 0 unspecified atom stereocenters. The van der Waals surface area contributed by atoms with E-state index in [-0.39, 0.29) is 5.91 Å². The summed E-state index contributed by atoms with van der Waals surface area (Å²) >= 11 is 1.51. The van der Waals surface area contributed by atoms with Gasteiger partial charge < -0.3 is 10.4 Å². The van der Waals surface area contributed by atoms with Crippen molar-refractivity contribution >= 4 is 23.2 Å². The van der Waals surface area contributed by atoms with E-state index in [1.165, 1.54) is 28.2 Å². The highest BCUT2D eigenvalue weighted by Crippen LogP contribution is 2.34. The van der Waals surface area contributed by atoms with Crippen molar-refractivity contribution < 1.29 is 14.7 Å². The molecule has 4 nitrogen and oxygen atoms in total. The van der Waals surface area contributed by atoms with E-state index in [1.807, 2.05) is 6.07 Å². The highest BCUT2D eigenvalue weighted by atomic mass is 32.1. The van der Waals surface area contributed by atoms with Crippen LogP contribution in [0.15, 0.2) is 6.07 Å². The van der Waals surface area contributed by atoms with Gasteiger partial charge in [0.15, 0.2) is 0 Å². The summed E-state index contributed by atoms with van der Waals surface area (Å²) in [6, 6.07) is 1.93. The van der Waals surface area contributed by atoms with Crippen LogP contribution in [0.25, 0.3) is 0 Å². The molecular weight excluding hydrogens is 250 g/mol. The molecule has 0 atom stereocenters. The van der Waals surface area contributed by atoms with Crippen LogP contribution in [0, 0.1) is 0 Å². The van der Waals surface area contributed by atoms with Crippen molar-refractivity contribution in [2.75, 3.05) is 0 Å². The molecule has 96 valence electrons. The highest BCUT2D eigenvalue weighted by Gasteiger charge is 2.46. The van der Waals surface area contributed by atoms with E-state index in [1.54, 1.807) is 0 Å².